The number of nitrogens with one attached hydrogen (secondary N) is 1. The maximum atomic E-state index is 12.6. The number of anilines is 1. The molecule has 0 bridgehead atoms. The van der Waals surface area contributed by atoms with Gasteiger partial charge in [0.2, 0.25) is 0 Å². The van der Waals surface area contributed by atoms with Crippen LogP contribution in [0.4, 0.5) is 5.82 Å². The van der Waals surface area contributed by atoms with E-state index in [2.05, 4.69) is 10.1 Å². The number of pyridine rings is 1. The van der Waals surface area contributed by atoms with Crippen molar-refractivity contribution in [1.82, 2.24) is 14.8 Å². The number of fused-ring (bicyclic) bond motifs is 3. The van der Waals surface area contributed by atoms with Crippen LogP contribution in [0, 0.1) is 6.92 Å². The van der Waals surface area contributed by atoms with E-state index in [1.165, 1.54) is 0 Å². The fourth-order valence-corrected chi connectivity index (χ4v) is 3.23. The van der Waals surface area contributed by atoms with Crippen molar-refractivity contribution in [3.05, 3.63) is 58.4 Å². The lowest BCUT2D eigenvalue weighted by Gasteiger charge is -2.13. The smallest absolute Gasteiger partial charge is 0.261 e. The van der Waals surface area contributed by atoms with E-state index in [1.54, 1.807) is 11.8 Å². The third-order valence-corrected chi connectivity index (χ3v) is 4.61. The molecule has 7 heteroatoms. The Morgan fingerprint density at radius 2 is 1.96 bits per heavy atom. The summed E-state index contributed by atoms with van der Waals surface area (Å²) in [5.41, 5.74) is 9.03. The van der Waals surface area contributed by atoms with Crippen LogP contribution in [0.5, 0.6) is 5.75 Å². The maximum Gasteiger partial charge on any atom is 0.261 e. The number of hydrogen-bond acceptors (Lipinski definition) is 5. The minimum atomic E-state index is -0.252. The molecule has 138 valence electrons. The van der Waals surface area contributed by atoms with Crippen LogP contribution in [-0.4, -0.2) is 35.1 Å². The largest absolute Gasteiger partial charge is 0.491 e. The lowest BCUT2D eigenvalue weighted by Crippen LogP contribution is -2.09. The molecule has 0 aliphatic heterocycles. The van der Waals surface area contributed by atoms with Gasteiger partial charge in [-0.05, 0) is 25.1 Å². The Bertz CT molecular complexity index is 1190. The Morgan fingerprint density at radius 1 is 1.15 bits per heavy atom. The van der Waals surface area contributed by atoms with Crippen molar-refractivity contribution < 1.29 is 9.47 Å². The van der Waals surface area contributed by atoms with Crippen LogP contribution in [-0.2, 0) is 4.74 Å². The number of benzene rings is 2. The molecule has 0 unspecified atom stereocenters. The molecule has 0 fully saturated rings. The number of rotatable bonds is 5. The van der Waals surface area contributed by atoms with E-state index in [0.717, 1.165) is 27.9 Å². The highest BCUT2D eigenvalue weighted by Crippen LogP contribution is 2.30. The fourth-order valence-electron chi connectivity index (χ4n) is 3.23. The summed E-state index contributed by atoms with van der Waals surface area (Å²) in [6, 6.07) is 13.2. The molecule has 2 heterocycles. The van der Waals surface area contributed by atoms with Gasteiger partial charge in [-0.25, -0.2) is 4.68 Å². The first kappa shape index (κ1) is 17.1. The quantitative estimate of drug-likeness (QED) is 0.531. The van der Waals surface area contributed by atoms with Crippen molar-refractivity contribution >= 4 is 27.6 Å². The first-order chi connectivity index (χ1) is 13.1. The van der Waals surface area contributed by atoms with Gasteiger partial charge in [-0.2, -0.15) is 5.10 Å². The van der Waals surface area contributed by atoms with Crippen LogP contribution in [0.2, 0.25) is 0 Å². The average Bonchev–Trinajstić information content (AvgIpc) is 3.01. The molecule has 0 amide bonds. The van der Waals surface area contributed by atoms with Gasteiger partial charge >= 0.3 is 0 Å². The molecular formula is C20H20N4O3. The summed E-state index contributed by atoms with van der Waals surface area (Å²) in [6.45, 7) is 2.88. The van der Waals surface area contributed by atoms with E-state index < -0.39 is 0 Å². The molecule has 0 aliphatic carbocycles. The molecule has 0 atom stereocenters. The Hall–Kier alpha value is -3.32. The Kier molecular flexibility index (Phi) is 4.29. The third kappa shape index (κ3) is 2.82. The monoisotopic (exact) mass is 364 g/mol. The van der Waals surface area contributed by atoms with Gasteiger partial charge in [-0.1, -0.05) is 24.3 Å². The summed E-state index contributed by atoms with van der Waals surface area (Å²) in [5, 5.41) is 5.90. The van der Waals surface area contributed by atoms with E-state index in [1.807, 2.05) is 49.4 Å². The average molecular weight is 364 g/mol. The first-order valence-corrected chi connectivity index (χ1v) is 8.62. The molecule has 0 radical (unpaired) electrons. The van der Waals surface area contributed by atoms with Crippen LogP contribution in [0.1, 0.15) is 5.56 Å². The summed E-state index contributed by atoms with van der Waals surface area (Å²) in [5.74, 6) is 1.02. The number of ether oxygens (including phenoxy) is 2. The first-order valence-electron chi connectivity index (χ1n) is 8.62. The minimum Gasteiger partial charge on any atom is -0.491 e. The molecule has 0 aliphatic rings. The van der Waals surface area contributed by atoms with Crippen LogP contribution >= 0.6 is 0 Å². The molecular weight excluding hydrogens is 344 g/mol. The Morgan fingerprint density at radius 3 is 2.78 bits per heavy atom. The number of nitrogens with two attached hydrogens (primary N) is 1. The second-order valence-corrected chi connectivity index (χ2v) is 6.26. The van der Waals surface area contributed by atoms with Gasteiger partial charge in [0.25, 0.3) is 5.56 Å². The molecule has 3 N–H and O–H groups in total. The topological polar surface area (TPSA) is 95.2 Å². The van der Waals surface area contributed by atoms with Gasteiger partial charge in [0.15, 0.2) is 0 Å². The Balaban J connectivity index is 1.91. The normalized spacial score (nSPS) is 11.3. The zero-order valence-corrected chi connectivity index (χ0v) is 15.2. The SMILES string of the molecule is COCCOc1cccc(-n2nc3c(c2N)c(=O)[nH]c2ccccc23)c1C. The fraction of sp³-hybridized carbons (Fsp3) is 0.200. The zero-order valence-electron chi connectivity index (χ0n) is 15.2. The Labute approximate surface area is 155 Å². The van der Waals surface area contributed by atoms with Gasteiger partial charge in [0, 0.05) is 18.1 Å². The van der Waals surface area contributed by atoms with Crippen LogP contribution in [0.25, 0.3) is 27.5 Å². The van der Waals surface area contributed by atoms with Crippen molar-refractivity contribution in [2.75, 3.05) is 26.1 Å². The molecule has 7 nitrogen and oxygen atoms in total. The summed E-state index contributed by atoms with van der Waals surface area (Å²) in [6.07, 6.45) is 0. The van der Waals surface area contributed by atoms with Crippen molar-refractivity contribution in [3.63, 3.8) is 0 Å². The molecule has 0 spiro atoms. The van der Waals surface area contributed by atoms with Gasteiger partial charge < -0.3 is 20.2 Å². The number of methoxy groups -OCH3 is 1. The number of nitrogens with zero attached hydrogens (tertiary/aromatic N) is 2. The number of para-hydroxylation sites is 1. The molecule has 2 aromatic heterocycles. The van der Waals surface area contributed by atoms with Gasteiger partial charge in [0.1, 0.15) is 29.1 Å². The summed E-state index contributed by atoms with van der Waals surface area (Å²) < 4.78 is 12.4. The van der Waals surface area contributed by atoms with E-state index in [4.69, 9.17) is 15.2 Å². The highest BCUT2D eigenvalue weighted by molar-refractivity contribution is 6.06. The molecule has 2 aromatic carbocycles. The lowest BCUT2D eigenvalue weighted by molar-refractivity contribution is 0.146. The predicted molar refractivity (Wildman–Crippen MR) is 106 cm³/mol. The van der Waals surface area contributed by atoms with Crippen LogP contribution in [0.15, 0.2) is 47.3 Å². The van der Waals surface area contributed by atoms with Crippen LogP contribution in [0.3, 0.4) is 0 Å². The van der Waals surface area contributed by atoms with Gasteiger partial charge in [-0.15, -0.1) is 0 Å². The second kappa shape index (κ2) is 6.77. The molecule has 4 rings (SSSR count). The van der Waals surface area contributed by atoms with E-state index in [-0.39, 0.29) is 5.56 Å². The minimum absolute atomic E-state index is 0.252. The highest BCUT2D eigenvalue weighted by Gasteiger charge is 2.18. The number of H-pyrrole nitrogens is 1. The predicted octanol–water partition coefficient (Wildman–Crippen LogP) is 2.78. The summed E-state index contributed by atoms with van der Waals surface area (Å²) in [7, 11) is 1.63. The van der Waals surface area contributed by atoms with Crippen LogP contribution < -0.4 is 16.0 Å². The maximum absolute atomic E-state index is 12.6. The lowest BCUT2D eigenvalue weighted by atomic mass is 10.1. The van der Waals surface area contributed by atoms with E-state index in [0.29, 0.717) is 29.9 Å². The number of aromatic nitrogens is 3. The standard InChI is InChI=1S/C20H20N4O3/c1-12-15(8-5-9-16(12)27-11-10-26-2)24-19(21)17-18(23-24)13-6-3-4-7-14(13)22-20(17)25/h3-9H,10-11,21H2,1-2H3,(H,22,25). The van der Waals surface area contributed by atoms with E-state index >= 15 is 0 Å². The van der Waals surface area contributed by atoms with Crippen molar-refractivity contribution in [3.8, 4) is 11.4 Å². The number of nitrogen functional groups attached to an aromatic ring is 1. The van der Waals surface area contributed by atoms with Crippen molar-refractivity contribution in [2.45, 2.75) is 6.92 Å². The molecule has 0 saturated carbocycles. The second-order valence-electron chi connectivity index (χ2n) is 6.26. The van der Waals surface area contributed by atoms with Gasteiger partial charge in [0.05, 0.1) is 17.8 Å². The van der Waals surface area contributed by atoms with Crippen molar-refractivity contribution in [1.29, 1.82) is 0 Å². The molecule has 0 saturated heterocycles. The van der Waals surface area contributed by atoms with Gasteiger partial charge in [-0.3, -0.25) is 4.79 Å². The van der Waals surface area contributed by atoms with Crippen molar-refractivity contribution in [2.24, 2.45) is 0 Å². The molecule has 4 aromatic rings. The van der Waals surface area contributed by atoms with E-state index in [9.17, 15) is 4.79 Å². The highest BCUT2D eigenvalue weighted by atomic mass is 16.5. The number of aromatic amines is 1. The molecule has 27 heavy (non-hydrogen) atoms. The summed E-state index contributed by atoms with van der Waals surface area (Å²) in [4.78, 5) is 15.4. The third-order valence-electron chi connectivity index (χ3n) is 4.61. The summed E-state index contributed by atoms with van der Waals surface area (Å²) >= 11 is 0. The zero-order chi connectivity index (χ0) is 19.0. The number of hydrogen-bond donors (Lipinski definition) is 2.